The van der Waals surface area contributed by atoms with Crippen LogP contribution in [0.1, 0.15) is 24.5 Å². The van der Waals surface area contributed by atoms with E-state index in [1.807, 2.05) is 19.1 Å². The van der Waals surface area contributed by atoms with Gasteiger partial charge < -0.3 is 5.73 Å². The largest absolute Gasteiger partial charge is 0.318 e. The van der Waals surface area contributed by atoms with Gasteiger partial charge in [0.15, 0.2) is 0 Å². The van der Waals surface area contributed by atoms with E-state index in [-0.39, 0.29) is 5.82 Å². The predicted octanol–water partition coefficient (Wildman–Crippen LogP) is 4.09. The minimum absolute atomic E-state index is 0.281. The third kappa shape index (κ3) is 2.26. The Morgan fingerprint density at radius 3 is 2.28 bits per heavy atom. The van der Waals surface area contributed by atoms with Crippen molar-refractivity contribution in [3.8, 4) is 0 Å². The molecule has 0 radical (unpaired) electrons. The summed E-state index contributed by atoms with van der Waals surface area (Å²) in [5, 5.41) is 0.644. The van der Waals surface area contributed by atoms with E-state index in [2.05, 4.69) is 0 Å². The molecule has 1 unspecified atom stereocenters. The van der Waals surface area contributed by atoms with E-state index in [9.17, 15) is 4.39 Å². The molecule has 2 rings (SSSR count). The van der Waals surface area contributed by atoms with Crippen LogP contribution in [0.4, 0.5) is 4.39 Å². The van der Waals surface area contributed by atoms with Gasteiger partial charge in [0.25, 0.3) is 0 Å². The van der Waals surface area contributed by atoms with Gasteiger partial charge in [0.2, 0.25) is 0 Å². The van der Waals surface area contributed by atoms with Crippen LogP contribution in [0, 0.1) is 5.82 Å². The number of nitrogens with two attached hydrogens (primary N) is 1. The molecule has 1 nitrogen and oxygen atoms in total. The molecule has 0 bridgehead atoms. The highest BCUT2D eigenvalue weighted by molar-refractivity contribution is 6.30. The molecule has 0 heterocycles. The molecule has 0 aliphatic carbocycles. The van der Waals surface area contributed by atoms with E-state index < -0.39 is 5.54 Å². The highest BCUT2D eigenvalue weighted by Crippen LogP contribution is 2.32. The van der Waals surface area contributed by atoms with Gasteiger partial charge in [-0.2, -0.15) is 0 Å². The van der Waals surface area contributed by atoms with Crippen LogP contribution >= 0.6 is 11.6 Å². The van der Waals surface area contributed by atoms with E-state index in [0.29, 0.717) is 17.0 Å². The van der Waals surface area contributed by atoms with Crippen molar-refractivity contribution in [2.24, 2.45) is 5.73 Å². The van der Waals surface area contributed by atoms with Crippen LogP contribution in [0.25, 0.3) is 0 Å². The van der Waals surface area contributed by atoms with Gasteiger partial charge in [-0.25, -0.2) is 4.39 Å². The summed E-state index contributed by atoms with van der Waals surface area (Å²) < 4.78 is 13.9. The third-order valence-electron chi connectivity index (χ3n) is 3.27. The average molecular weight is 264 g/mol. The van der Waals surface area contributed by atoms with E-state index in [1.165, 1.54) is 6.07 Å². The molecule has 0 aliphatic heterocycles. The summed E-state index contributed by atoms with van der Waals surface area (Å²) in [6, 6.07) is 13.9. The summed E-state index contributed by atoms with van der Waals surface area (Å²) in [5.74, 6) is -0.281. The fourth-order valence-electron chi connectivity index (χ4n) is 2.12. The van der Waals surface area contributed by atoms with Crippen LogP contribution in [0.2, 0.25) is 5.02 Å². The number of halogens is 2. The molecule has 0 aromatic heterocycles. The normalized spacial score (nSPS) is 14.2. The summed E-state index contributed by atoms with van der Waals surface area (Å²) in [4.78, 5) is 0. The Hall–Kier alpha value is -1.38. The van der Waals surface area contributed by atoms with Crippen LogP contribution in [-0.2, 0) is 5.54 Å². The molecular formula is C15H15ClFN. The summed E-state index contributed by atoms with van der Waals surface area (Å²) in [6.45, 7) is 1.95. The van der Waals surface area contributed by atoms with Crippen LogP contribution in [-0.4, -0.2) is 0 Å². The highest BCUT2D eigenvalue weighted by atomic mass is 35.5. The zero-order chi connectivity index (χ0) is 13.2. The van der Waals surface area contributed by atoms with Crippen LogP contribution in [0.5, 0.6) is 0 Å². The van der Waals surface area contributed by atoms with Gasteiger partial charge in [-0.3, -0.25) is 0 Å². The zero-order valence-electron chi connectivity index (χ0n) is 10.2. The molecule has 0 fully saturated rings. The average Bonchev–Trinajstić information content (AvgIpc) is 2.39. The second kappa shape index (κ2) is 5.09. The maximum Gasteiger partial charge on any atom is 0.128 e. The van der Waals surface area contributed by atoms with Crippen molar-refractivity contribution in [1.29, 1.82) is 0 Å². The molecule has 94 valence electrons. The molecule has 0 spiro atoms. The smallest absolute Gasteiger partial charge is 0.128 e. The van der Waals surface area contributed by atoms with Gasteiger partial charge >= 0.3 is 0 Å². The van der Waals surface area contributed by atoms with E-state index >= 15 is 0 Å². The quantitative estimate of drug-likeness (QED) is 0.887. The number of hydrogen-bond acceptors (Lipinski definition) is 1. The van der Waals surface area contributed by atoms with Gasteiger partial charge in [0, 0.05) is 10.6 Å². The van der Waals surface area contributed by atoms with Gasteiger partial charge in [-0.15, -0.1) is 0 Å². The Labute approximate surface area is 111 Å². The number of benzene rings is 2. The van der Waals surface area contributed by atoms with Gasteiger partial charge in [-0.1, -0.05) is 48.9 Å². The first-order chi connectivity index (χ1) is 8.58. The maximum absolute atomic E-state index is 13.9. The van der Waals surface area contributed by atoms with Crippen LogP contribution in [0.15, 0.2) is 48.5 Å². The number of hydrogen-bond donors (Lipinski definition) is 1. The summed E-state index contributed by atoms with van der Waals surface area (Å²) in [7, 11) is 0. The Balaban J connectivity index is 2.55. The van der Waals surface area contributed by atoms with E-state index in [1.54, 1.807) is 30.3 Å². The van der Waals surface area contributed by atoms with Crippen molar-refractivity contribution in [1.82, 2.24) is 0 Å². The molecule has 2 aromatic carbocycles. The van der Waals surface area contributed by atoms with Gasteiger partial charge in [-0.05, 0) is 30.2 Å². The molecule has 18 heavy (non-hydrogen) atoms. The van der Waals surface area contributed by atoms with E-state index in [0.717, 1.165) is 5.56 Å². The molecular weight excluding hydrogens is 249 g/mol. The van der Waals surface area contributed by atoms with Gasteiger partial charge in [0.05, 0.1) is 5.54 Å². The predicted molar refractivity (Wildman–Crippen MR) is 73.1 cm³/mol. The van der Waals surface area contributed by atoms with Crippen molar-refractivity contribution in [2.75, 3.05) is 0 Å². The SMILES string of the molecule is CCC(N)(c1ccc(Cl)cc1)c1ccccc1F. The third-order valence-corrected chi connectivity index (χ3v) is 3.52. The van der Waals surface area contributed by atoms with Crippen molar-refractivity contribution in [2.45, 2.75) is 18.9 Å². The molecule has 0 aliphatic rings. The highest BCUT2D eigenvalue weighted by Gasteiger charge is 2.30. The molecule has 2 N–H and O–H groups in total. The summed E-state index contributed by atoms with van der Waals surface area (Å²) in [5.41, 5.74) is 6.95. The summed E-state index contributed by atoms with van der Waals surface area (Å²) in [6.07, 6.45) is 0.607. The molecule has 2 aromatic rings. The van der Waals surface area contributed by atoms with Crippen molar-refractivity contribution in [3.05, 3.63) is 70.5 Å². The molecule has 0 saturated heterocycles. The Kier molecular flexibility index (Phi) is 3.69. The minimum Gasteiger partial charge on any atom is -0.318 e. The monoisotopic (exact) mass is 263 g/mol. The van der Waals surface area contributed by atoms with Crippen LogP contribution in [0.3, 0.4) is 0 Å². The van der Waals surface area contributed by atoms with Crippen molar-refractivity contribution in [3.63, 3.8) is 0 Å². The van der Waals surface area contributed by atoms with Crippen molar-refractivity contribution >= 4 is 11.6 Å². The fraction of sp³-hybridized carbons (Fsp3) is 0.200. The molecule has 0 saturated carbocycles. The first-order valence-electron chi connectivity index (χ1n) is 5.88. The first-order valence-corrected chi connectivity index (χ1v) is 6.25. The molecule has 1 atom stereocenters. The van der Waals surface area contributed by atoms with E-state index in [4.69, 9.17) is 17.3 Å². The Bertz CT molecular complexity index is 538. The summed E-state index contributed by atoms with van der Waals surface area (Å²) >= 11 is 5.87. The van der Waals surface area contributed by atoms with Crippen LogP contribution < -0.4 is 5.73 Å². The molecule has 0 amide bonds. The second-order valence-electron chi connectivity index (χ2n) is 4.31. The Morgan fingerprint density at radius 1 is 1.11 bits per heavy atom. The topological polar surface area (TPSA) is 26.0 Å². The Morgan fingerprint density at radius 2 is 1.72 bits per heavy atom. The second-order valence-corrected chi connectivity index (χ2v) is 4.75. The fourth-order valence-corrected chi connectivity index (χ4v) is 2.25. The zero-order valence-corrected chi connectivity index (χ0v) is 10.9. The lowest BCUT2D eigenvalue weighted by molar-refractivity contribution is 0.479. The number of rotatable bonds is 3. The maximum atomic E-state index is 13.9. The van der Waals surface area contributed by atoms with Gasteiger partial charge in [0.1, 0.15) is 5.82 Å². The lowest BCUT2D eigenvalue weighted by Gasteiger charge is -2.30. The lowest BCUT2D eigenvalue weighted by Crippen LogP contribution is -2.38. The first kappa shape index (κ1) is 13.1. The minimum atomic E-state index is -0.823. The molecule has 3 heteroatoms. The lowest BCUT2D eigenvalue weighted by atomic mass is 9.81. The van der Waals surface area contributed by atoms with Crippen molar-refractivity contribution < 1.29 is 4.39 Å². The standard InChI is InChI=1S/C15H15ClFN/c1-2-15(18,11-7-9-12(16)10-8-11)13-5-3-4-6-14(13)17/h3-10H,2,18H2,1H3.